The lowest BCUT2D eigenvalue weighted by Crippen LogP contribution is -2.37. The SMILES string of the molecule is CC(C)(C)NCCc1nnc(C2C3CCCC32)o1. The van der Waals surface area contributed by atoms with Crippen LogP contribution in [0.4, 0.5) is 0 Å². The van der Waals surface area contributed by atoms with E-state index in [4.69, 9.17) is 4.42 Å². The number of hydrogen-bond acceptors (Lipinski definition) is 4. The van der Waals surface area contributed by atoms with Gasteiger partial charge in [-0.05, 0) is 45.4 Å². The lowest BCUT2D eigenvalue weighted by atomic mass is 10.1. The second kappa shape index (κ2) is 4.34. The average molecular weight is 249 g/mol. The molecule has 0 spiro atoms. The summed E-state index contributed by atoms with van der Waals surface area (Å²) in [7, 11) is 0. The van der Waals surface area contributed by atoms with E-state index in [0.717, 1.165) is 36.6 Å². The molecule has 0 saturated heterocycles. The molecule has 18 heavy (non-hydrogen) atoms. The van der Waals surface area contributed by atoms with Crippen LogP contribution >= 0.6 is 0 Å². The van der Waals surface area contributed by atoms with Crippen molar-refractivity contribution in [2.45, 2.75) is 57.9 Å². The molecular weight excluding hydrogens is 226 g/mol. The monoisotopic (exact) mass is 249 g/mol. The molecule has 4 nitrogen and oxygen atoms in total. The fourth-order valence-electron chi connectivity index (χ4n) is 3.23. The summed E-state index contributed by atoms with van der Waals surface area (Å²) in [5, 5.41) is 11.8. The summed E-state index contributed by atoms with van der Waals surface area (Å²) in [4.78, 5) is 0. The van der Waals surface area contributed by atoms with Crippen LogP contribution in [0.2, 0.25) is 0 Å². The number of nitrogens with one attached hydrogen (secondary N) is 1. The van der Waals surface area contributed by atoms with Gasteiger partial charge in [-0.3, -0.25) is 0 Å². The molecule has 2 unspecified atom stereocenters. The van der Waals surface area contributed by atoms with E-state index >= 15 is 0 Å². The van der Waals surface area contributed by atoms with Gasteiger partial charge in [-0.15, -0.1) is 10.2 Å². The molecule has 3 rings (SSSR count). The Morgan fingerprint density at radius 3 is 2.61 bits per heavy atom. The van der Waals surface area contributed by atoms with E-state index < -0.39 is 0 Å². The summed E-state index contributed by atoms with van der Waals surface area (Å²) in [6.45, 7) is 7.38. The van der Waals surface area contributed by atoms with Crippen molar-refractivity contribution in [1.29, 1.82) is 0 Å². The number of hydrogen-bond donors (Lipinski definition) is 1. The standard InChI is InChI=1S/C14H23N3O/c1-14(2,3)15-8-7-11-16-17-13(18-11)12-9-5-4-6-10(9)12/h9-10,12,15H,4-8H2,1-3H3. The highest BCUT2D eigenvalue weighted by Crippen LogP contribution is 2.62. The Balaban J connectivity index is 1.51. The molecule has 0 amide bonds. The van der Waals surface area contributed by atoms with Gasteiger partial charge in [0.15, 0.2) is 0 Å². The van der Waals surface area contributed by atoms with Crippen molar-refractivity contribution < 1.29 is 4.42 Å². The van der Waals surface area contributed by atoms with Crippen molar-refractivity contribution >= 4 is 0 Å². The van der Waals surface area contributed by atoms with Gasteiger partial charge in [0.05, 0.1) is 0 Å². The van der Waals surface area contributed by atoms with E-state index in [9.17, 15) is 0 Å². The molecule has 0 aromatic carbocycles. The molecule has 1 N–H and O–H groups in total. The first-order valence-corrected chi connectivity index (χ1v) is 7.12. The molecule has 2 atom stereocenters. The molecule has 2 aliphatic carbocycles. The van der Waals surface area contributed by atoms with Crippen molar-refractivity contribution in [3.05, 3.63) is 11.8 Å². The Labute approximate surface area is 109 Å². The fraction of sp³-hybridized carbons (Fsp3) is 0.857. The van der Waals surface area contributed by atoms with E-state index in [-0.39, 0.29) is 5.54 Å². The normalized spacial score (nSPS) is 30.5. The van der Waals surface area contributed by atoms with Crippen molar-refractivity contribution in [1.82, 2.24) is 15.5 Å². The van der Waals surface area contributed by atoms with Crippen LogP contribution < -0.4 is 5.32 Å². The third kappa shape index (κ3) is 2.44. The van der Waals surface area contributed by atoms with Gasteiger partial charge >= 0.3 is 0 Å². The largest absolute Gasteiger partial charge is 0.425 e. The minimum atomic E-state index is 0.149. The van der Waals surface area contributed by atoms with E-state index in [1.54, 1.807) is 0 Å². The van der Waals surface area contributed by atoms with Crippen molar-refractivity contribution in [3.8, 4) is 0 Å². The molecule has 1 aromatic heterocycles. The number of fused-ring (bicyclic) bond motifs is 1. The molecule has 4 heteroatoms. The minimum absolute atomic E-state index is 0.149. The number of aromatic nitrogens is 2. The molecule has 2 aliphatic rings. The van der Waals surface area contributed by atoms with E-state index in [2.05, 4.69) is 36.3 Å². The molecule has 1 aromatic rings. The third-order valence-corrected chi connectivity index (χ3v) is 4.17. The lowest BCUT2D eigenvalue weighted by Gasteiger charge is -2.19. The second-order valence-electron chi connectivity index (χ2n) is 6.75. The van der Waals surface area contributed by atoms with Gasteiger partial charge in [0.25, 0.3) is 0 Å². The lowest BCUT2D eigenvalue weighted by molar-refractivity contribution is 0.396. The van der Waals surface area contributed by atoms with Gasteiger partial charge in [0.2, 0.25) is 11.8 Å². The molecule has 1 heterocycles. The highest BCUT2D eigenvalue weighted by atomic mass is 16.4. The van der Waals surface area contributed by atoms with Gasteiger partial charge in [0, 0.05) is 24.4 Å². The van der Waals surface area contributed by atoms with Crippen molar-refractivity contribution in [2.75, 3.05) is 6.54 Å². The minimum Gasteiger partial charge on any atom is -0.425 e. The summed E-state index contributed by atoms with van der Waals surface area (Å²) in [5.74, 6) is 3.98. The van der Waals surface area contributed by atoms with Crippen LogP contribution in [-0.2, 0) is 6.42 Å². The van der Waals surface area contributed by atoms with Crippen LogP contribution in [0.1, 0.15) is 57.7 Å². The topological polar surface area (TPSA) is 51.0 Å². The molecule has 2 saturated carbocycles. The zero-order valence-electron chi connectivity index (χ0n) is 11.6. The fourth-order valence-corrected chi connectivity index (χ4v) is 3.23. The van der Waals surface area contributed by atoms with Crippen LogP contribution in [0, 0.1) is 11.8 Å². The molecular formula is C14H23N3O. The average Bonchev–Trinajstić information content (AvgIpc) is 2.71. The van der Waals surface area contributed by atoms with Gasteiger partial charge < -0.3 is 9.73 Å². The Morgan fingerprint density at radius 1 is 1.22 bits per heavy atom. The summed E-state index contributed by atoms with van der Waals surface area (Å²) >= 11 is 0. The number of rotatable bonds is 4. The first-order chi connectivity index (χ1) is 8.54. The number of nitrogens with zero attached hydrogens (tertiary/aromatic N) is 2. The predicted molar refractivity (Wildman–Crippen MR) is 69.3 cm³/mol. The zero-order valence-corrected chi connectivity index (χ0v) is 11.6. The van der Waals surface area contributed by atoms with Crippen LogP contribution in [0.3, 0.4) is 0 Å². The smallest absolute Gasteiger partial charge is 0.220 e. The van der Waals surface area contributed by atoms with Gasteiger partial charge in [-0.1, -0.05) is 6.42 Å². The van der Waals surface area contributed by atoms with Crippen LogP contribution in [0.15, 0.2) is 4.42 Å². The maximum atomic E-state index is 5.80. The maximum absolute atomic E-state index is 5.80. The summed E-state index contributed by atoms with van der Waals surface area (Å²) in [6, 6.07) is 0. The van der Waals surface area contributed by atoms with E-state index in [1.807, 2.05) is 0 Å². The van der Waals surface area contributed by atoms with E-state index in [0.29, 0.717) is 5.92 Å². The van der Waals surface area contributed by atoms with Crippen molar-refractivity contribution in [3.63, 3.8) is 0 Å². The molecule has 100 valence electrons. The molecule has 0 radical (unpaired) electrons. The molecule has 0 bridgehead atoms. The first-order valence-electron chi connectivity index (χ1n) is 7.12. The third-order valence-electron chi connectivity index (χ3n) is 4.17. The Kier molecular flexibility index (Phi) is 2.93. The van der Waals surface area contributed by atoms with Crippen LogP contribution in [0.5, 0.6) is 0 Å². The molecule has 0 aliphatic heterocycles. The van der Waals surface area contributed by atoms with E-state index in [1.165, 1.54) is 19.3 Å². The van der Waals surface area contributed by atoms with Crippen LogP contribution in [0.25, 0.3) is 0 Å². The Bertz CT molecular complexity index is 411. The predicted octanol–water partition coefficient (Wildman–Crippen LogP) is 2.51. The first kappa shape index (κ1) is 12.2. The van der Waals surface area contributed by atoms with Crippen LogP contribution in [-0.4, -0.2) is 22.3 Å². The second-order valence-corrected chi connectivity index (χ2v) is 6.75. The summed E-state index contributed by atoms with van der Waals surface area (Å²) in [5.41, 5.74) is 0.149. The summed E-state index contributed by atoms with van der Waals surface area (Å²) < 4.78 is 5.80. The van der Waals surface area contributed by atoms with Gasteiger partial charge in [-0.2, -0.15) is 0 Å². The Hall–Kier alpha value is -0.900. The zero-order chi connectivity index (χ0) is 12.8. The van der Waals surface area contributed by atoms with Gasteiger partial charge in [-0.25, -0.2) is 0 Å². The van der Waals surface area contributed by atoms with Crippen molar-refractivity contribution in [2.24, 2.45) is 11.8 Å². The van der Waals surface area contributed by atoms with Gasteiger partial charge in [0.1, 0.15) is 0 Å². The maximum Gasteiger partial charge on any atom is 0.220 e. The quantitative estimate of drug-likeness (QED) is 0.891. The summed E-state index contributed by atoms with van der Waals surface area (Å²) in [6.07, 6.45) is 4.94. The highest BCUT2D eigenvalue weighted by molar-refractivity contribution is 5.15. The molecule has 2 fully saturated rings. The Morgan fingerprint density at radius 2 is 1.94 bits per heavy atom. The highest BCUT2D eigenvalue weighted by Gasteiger charge is 2.56.